The van der Waals surface area contributed by atoms with Crippen LogP contribution >= 0.6 is 0 Å². The van der Waals surface area contributed by atoms with Gasteiger partial charge in [0.05, 0.1) is 19.3 Å². The van der Waals surface area contributed by atoms with Gasteiger partial charge in [0.2, 0.25) is 0 Å². The molecule has 128 valence electrons. The highest BCUT2D eigenvalue weighted by Crippen LogP contribution is 2.21. The van der Waals surface area contributed by atoms with Gasteiger partial charge < -0.3 is 10.1 Å². The molecular weight excluding hydrogens is 302 g/mol. The van der Waals surface area contributed by atoms with Gasteiger partial charge in [0.1, 0.15) is 5.75 Å². The number of aryl methyl sites for hydroxylation is 1. The molecule has 1 atom stereocenters. The van der Waals surface area contributed by atoms with Crippen LogP contribution in [-0.4, -0.2) is 30.0 Å². The Hall–Kier alpha value is -2.14. The molecule has 24 heavy (non-hydrogen) atoms. The molecule has 0 amide bonds. The number of hydrogen-bond donors (Lipinski definition) is 1. The van der Waals surface area contributed by atoms with Crippen molar-refractivity contribution in [1.29, 1.82) is 0 Å². The summed E-state index contributed by atoms with van der Waals surface area (Å²) in [5, 5.41) is 8.10. The zero-order valence-electron chi connectivity index (χ0n) is 14.4. The minimum Gasteiger partial charge on any atom is -0.497 e. The fourth-order valence-corrected chi connectivity index (χ4v) is 3.19. The van der Waals surface area contributed by atoms with Crippen molar-refractivity contribution in [1.82, 2.24) is 15.1 Å². The monoisotopic (exact) mass is 327 g/mol. The van der Waals surface area contributed by atoms with Gasteiger partial charge >= 0.3 is 0 Å². The van der Waals surface area contributed by atoms with Crippen LogP contribution < -0.4 is 15.6 Å². The second-order valence-electron chi connectivity index (χ2n) is 6.30. The van der Waals surface area contributed by atoms with Crippen LogP contribution in [0.2, 0.25) is 0 Å². The predicted molar refractivity (Wildman–Crippen MR) is 94.8 cm³/mol. The summed E-state index contributed by atoms with van der Waals surface area (Å²) in [6.07, 6.45) is 3.02. The zero-order valence-corrected chi connectivity index (χ0v) is 14.4. The van der Waals surface area contributed by atoms with Crippen molar-refractivity contribution >= 4 is 0 Å². The molecule has 1 aromatic heterocycles. The van der Waals surface area contributed by atoms with E-state index in [1.807, 2.05) is 37.3 Å². The van der Waals surface area contributed by atoms with E-state index < -0.39 is 0 Å². The van der Waals surface area contributed by atoms with Crippen molar-refractivity contribution in [2.24, 2.45) is 0 Å². The maximum absolute atomic E-state index is 12.6. The maximum Gasteiger partial charge on any atom is 0.270 e. The van der Waals surface area contributed by atoms with Gasteiger partial charge in [-0.1, -0.05) is 19.1 Å². The third-order valence-corrected chi connectivity index (χ3v) is 4.65. The summed E-state index contributed by atoms with van der Waals surface area (Å²) in [4.78, 5) is 12.6. The molecule has 5 nitrogen and oxygen atoms in total. The van der Waals surface area contributed by atoms with Crippen molar-refractivity contribution in [2.75, 3.05) is 20.2 Å². The minimum absolute atomic E-state index is 0.0147. The Labute approximate surface area is 142 Å². The van der Waals surface area contributed by atoms with Gasteiger partial charge in [-0.05, 0) is 49.6 Å². The number of piperidine rings is 1. The molecule has 1 aliphatic rings. The summed E-state index contributed by atoms with van der Waals surface area (Å²) in [6.45, 7) is 4.53. The Morgan fingerprint density at radius 2 is 2.12 bits per heavy atom. The molecule has 5 heteroatoms. The number of methoxy groups -OCH3 is 1. The van der Waals surface area contributed by atoms with Gasteiger partial charge in [-0.3, -0.25) is 4.79 Å². The Morgan fingerprint density at radius 1 is 1.33 bits per heavy atom. The van der Waals surface area contributed by atoms with Crippen LogP contribution in [0.1, 0.15) is 42.5 Å². The minimum atomic E-state index is 0.0147. The lowest BCUT2D eigenvalue weighted by Gasteiger charge is -2.23. The third kappa shape index (κ3) is 3.67. The summed E-state index contributed by atoms with van der Waals surface area (Å²) < 4.78 is 6.80. The second kappa shape index (κ2) is 7.62. The summed E-state index contributed by atoms with van der Waals surface area (Å²) >= 11 is 0. The van der Waals surface area contributed by atoms with Crippen molar-refractivity contribution in [3.63, 3.8) is 0 Å². The van der Waals surface area contributed by atoms with Gasteiger partial charge in [0.25, 0.3) is 5.56 Å². The van der Waals surface area contributed by atoms with Gasteiger partial charge in [0.15, 0.2) is 0 Å². The van der Waals surface area contributed by atoms with Crippen LogP contribution in [-0.2, 0) is 13.0 Å². The molecule has 2 heterocycles. The zero-order chi connectivity index (χ0) is 16.9. The Balaban J connectivity index is 1.91. The SMILES string of the molecule is CCc1cc(C2CCCNC2)nn(Cc2ccc(OC)cc2)c1=O. The first-order valence-electron chi connectivity index (χ1n) is 8.66. The molecule has 0 bridgehead atoms. The Bertz CT molecular complexity index is 731. The molecule has 1 unspecified atom stereocenters. The summed E-state index contributed by atoms with van der Waals surface area (Å²) in [6, 6.07) is 9.79. The fourth-order valence-electron chi connectivity index (χ4n) is 3.19. The van der Waals surface area contributed by atoms with E-state index >= 15 is 0 Å². The first kappa shape index (κ1) is 16.7. The van der Waals surface area contributed by atoms with E-state index in [9.17, 15) is 4.79 Å². The highest BCUT2D eigenvalue weighted by Gasteiger charge is 2.19. The standard InChI is InChI=1S/C19H25N3O2/c1-3-15-11-18(16-5-4-10-20-12-16)21-22(19(15)23)13-14-6-8-17(24-2)9-7-14/h6-9,11,16,20H,3-5,10,12-13H2,1-2H3. The lowest BCUT2D eigenvalue weighted by atomic mass is 9.95. The quantitative estimate of drug-likeness (QED) is 0.916. The van der Waals surface area contributed by atoms with E-state index in [2.05, 4.69) is 10.4 Å². The number of aromatic nitrogens is 2. The van der Waals surface area contributed by atoms with E-state index in [1.165, 1.54) is 0 Å². The van der Waals surface area contributed by atoms with Gasteiger partial charge in [-0.15, -0.1) is 0 Å². The predicted octanol–water partition coefficient (Wildman–Crippen LogP) is 2.33. The summed E-state index contributed by atoms with van der Waals surface area (Å²) in [5.41, 5.74) is 2.94. The molecule has 1 N–H and O–H groups in total. The van der Waals surface area contributed by atoms with E-state index in [4.69, 9.17) is 4.74 Å². The number of nitrogens with zero attached hydrogens (tertiary/aromatic N) is 2. The van der Waals surface area contributed by atoms with Crippen molar-refractivity contribution in [3.8, 4) is 5.75 Å². The van der Waals surface area contributed by atoms with E-state index in [0.717, 1.165) is 54.9 Å². The molecule has 0 radical (unpaired) electrons. The van der Waals surface area contributed by atoms with Gasteiger partial charge in [-0.25, -0.2) is 4.68 Å². The molecule has 0 aliphatic carbocycles. The average Bonchev–Trinajstić information content (AvgIpc) is 2.64. The van der Waals surface area contributed by atoms with Crippen LogP contribution in [0.15, 0.2) is 35.1 Å². The third-order valence-electron chi connectivity index (χ3n) is 4.65. The molecule has 0 saturated carbocycles. The van der Waals surface area contributed by atoms with E-state index in [0.29, 0.717) is 12.5 Å². The molecule has 1 aromatic carbocycles. The topological polar surface area (TPSA) is 56.1 Å². The molecular formula is C19H25N3O2. The summed E-state index contributed by atoms with van der Waals surface area (Å²) in [7, 11) is 1.65. The van der Waals surface area contributed by atoms with E-state index in [-0.39, 0.29) is 5.56 Å². The van der Waals surface area contributed by atoms with Crippen LogP contribution in [0, 0.1) is 0 Å². The fraction of sp³-hybridized carbons (Fsp3) is 0.474. The number of benzene rings is 1. The smallest absolute Gasteiger partial charge is 0.270 e. The van der Waals surface area contributed by atoms with Crippen molar-refractivity contribution in [2.45, 2.75) is 38.6 Å². The lowest BCUT2D eigenvalue weighted by molar-refractivity contribution is 0.414. The molecule has 1 fully saturated rings. The van der Waals surface area contributed by atoms with Gasteiger partial charge in [0, 0.05) is 18.0 Å². The highest BCUT2D eigenvalue weighted by atomic mass is 16.5. The van der Waals surface area contributed by atoms with Crippen molar-refractivity contribution < 1.29 is 4.74 Å². The number of rotatable bonds is 5. The summed E-state index contributed by atoms with van der Waals surface area (Å²) in [5.74, 6) is 1.21. The number of nitrogens with one attached hydrogen (secondary N) is 1. The van der Waals surface area contributed by atoms with Gasteiger partial charge in [-0.2, -0.15) is 5.10 Å². The molecule has 3 rings (SSSR count). The number of ether oxygens (including phenoxy) is 1. The maximum atomic E-state index is 12.6. The van der Waals surface area contributed by atoms with Crippen LogP contribution in [0.3, 0.4) is 0 Å². The first-order valence-corrected chi connectivity index (χ1v) is 8.66. The Kier molecular flexibility index (Phi) is 5.30. The largest absolute Gasteiger partial charge is 0.497 e. The second-order valence-corrected chi connectivity index (χ2v) is 6.30. The Morgan fingerprint density at radius 3 is 2.75 bits per heavy atom. The lowest BCUT2D eigenvalue weighted by Crippen LogP contribution is -2.33. The van der Waals surface area contributed by atoms with Crippen LogP contribution in [0.25, 0.3) is 0 Å². The average molecular weight is 327 g/mol. The molecule has 0 spiro atoms. The number of hydrogen-bond acceptors (Lipinski definition) is 4. The molecule has 2 aromatic rings. The van der Waals surface area contributed by atoms with Crippen molar-refractivity contribution in [3.05, 3.63) is 57.5 Å². The van der Waals surface area contributed by atoms with Crippen LogP contribution in [0.4, 0.5) is 0 Å². The van der Waals surface area contributed by atoms with E-state index in [1.54, 1.807) is 11.8 Å². The normalized spacial score (nSPS) is 17.7. The molecule has 1 aliphatic heterocycles. The molecule has 1 saturated heterocycles. The highest BCUT2D eigenvalue weighted by molar-refractivity contribution is 5.27. The first-order chi connectivity index (χ1) is 11.7. The van der Waals surface area contributed by atoms with Crippen LogP contribution in [0.5, 0.6) is 5.75 Å².